The van der Waals surface area contributed by atoms with E-state index in [1.807, 2.05) is 49.2 Å². The number of aromatic nitrogens is 3. The van der Waals surface area contributed by atoms with Gasteiger partial charge in [-0.2, -0.15) is 5.26 Å². The Morgan fingerprint density at radius 1 is 1.09 bits per heavy atom. The van der Waals surface area contributed by atoms with Gasteiger partial charge in [-0.05, 0) is 61.5 Å². The van der Waals surface area contributed by atoms with E-state index in [0.717, 1.165) is 16.8 Å². The average Bonchev–Trinajstić information content (AvgIpc) is 3.44. The molecule has 1 saturated heterocycles. The van der Waals surface area contributed by atoms with Crippen LogP contribution in [0.25, 0.3) is 22.2 Å². The van der Waals surface area contributed by atoms with Gasteiger partial charge in [-0.25, -0.2) is 17.4 Å². The van der Waals surface area contributed by atoms with Gasteiger partial charge in [0, 0.05) is 54.1 Å². The first kappa shape index (κ1) is 31.5. The van der Waals surface area contributed by atoms with Gasteiger partial charge in [-0.3, -0.25) is 9.69 Å². The third-order valence-corrected chi connectivity index (χ3v) is 10.1. The summed E-state index contributed by atoms with van der Waals surface area (Å²) in [4.78, 5) is 22.6. The molecule has 1 fully saturated rings. The van der Waals surface area contributed by atoms with E-state index in [9.17, 15) is 18.5 Å². The van der Waals surface area contributed by atoms with Crippen LogP contribution in [0.3, 0.4) is 0 Å². The Morgan fingerprint density at radius 3 is 2.54 bits per heavy atom. The van der Waals surface area contributed by atoms with Crippen LogP contribution in [-0.2, 0) is 14.8 Å². The van der Waals surface area contributed by atoms with Gasteiger partial charge in [0.25, 0.3) is 15.6 Å². The number of halogens is 1. The first-order valence-electron chi connectivity index (χ1n) is 14.9. The molecule has 1 atom stereocenters. The van der Waals surface area contributed by atoms with Gasteiger partial charge in [-0.15, -0.1) is 0 Å². The van der Waals surface area contributed by atoms with E-state index >= 15 is 0 Å². The molecule has 0 saturated carbocycles. The van der Waals surface area contributed by atoms with E-state index in [-0.39, 0.29) is 22.6 Å². The quantitative estimate of drug-likeness (QED) is 0.205. The molecule has 1 aliphatic rings. The highest BCUT2D eigenvalue weighted by molar-refractivity contribution is 7.90. The zero-order chi connectivity index (χ0) is 32.4. The fourth-order valence-corrected chi connectivity index (χ4v) is 7.29. The highest BCUT2D eigenvalue weighted by Gasteiger charge is 2.25. The minimum Gasteiger partial charge on any atom is -0.378 e. The van der Waals surface area contributed by atoms with Gasteiger partial charge in [-0.1, -0.05) is 41.4 Å². The summed E-state index contributed by atoms with van der Waals surface area (Å²) in [6.45, 7) is 5.03. The maximum atomic E-state index is 13.9. The van der Waals surface area contributed by atoms with Crippen molar-refractivity contribution in [1.82, 2.24) is 18.4 Å². The summed E-state index contributed by atoms with van der Waals surface area (Å²) in [5.41, 5.74) is 3.73. The number of nitriles is 1. The molecule has 0 amide bonds. The molecule has 0 aliphatic carbocycles. The SMILES string of the molecule is Cc1ccc(S(=O)(=O)n2cc(-c3ccn(C(CN(C)CC#N)c4cccc(Cl)c4)c(=O)c3)c3cc(N4CCOCC4)cnc32)cc1. The van der Waals surface area contributed by atoms with Crippen LogP contribution in [0, 0.1) is 18.3 Å². The number of ether oxygens (including phenoxy) is 1. The number of nitrogens with zero attached hydrogens (tertiary/aromatic N) is 6. The molecule has 12 heteroatoms. The number of hydrogen-bond acceptors (Lipinski definition) is 8. The molecule has 1 aliphatic heterocycles. The number of fused-ring (bicyclic) bond motifs is 1. The highest BCUT2D eigenvalue weighted by Crippen LogP contribution is 2.34. The Bertz CT molecular complexity index is 2100. The molecule has 0 spiro atoms. The second-order valence-electron chi connectivity index (χ2n) is 11.4. The first-order valence-corrected chi connectivity index (χ1v) is 16.7. The molecule has 0 radical (unpaired) electrons. The van der Waals surface area contributed by atoms with Crippen molar-refractivity contribution in [3.8, 4) is 17.2 Å². The molecule has 5 aromatic rings. The normalized spacial score (nSPS) is 14.5. The molecule has 2 aromatic carbocycles. The second kappa shape index (κ2) is 13.1. The number of anilines is 1. The minimum absolute atomic E-state index is 0.141. The first-order chi connectivity index (χ1) is 22.2. The van der Waals surface area contributed by atoms with Crippen LogP contribution in [0.4, 0.5) is 5.69 Å². The van der Waals surface area contributed by atoms with Gasteiger partial charge in [0.05, 0.1) is 48.6 Å². The van der Waals surface area contributed by atoms with Crippen molar-refractivity contribution in [3.63, 3.8) is 0 Å². The lowest BCUT2D eigenvalue weighted by atomic mass is 10.0. The molecule has 4 heterocycles. The molecule has 6 rings (SSSR count). The number of benzene rings is 2. The van der Waals surface area contributed by atoms with Crippen LogP contribution in [0.2, 0.25) is 5.02 Å². The average molecular weight is 657 g/mol. The van der Waals surface area contributed by atoms with Crippen molar-refractivity contribution in [3.05, 3.63) is 112 Å². The smallest absolute Gasteiger partial charge is 0.269 e. The molecule has 3 aromatic heterocycles. The number of hydrogen-bond donors (Lipinski definition) is 0. The Labute approximate surface area is 272 Å². The van der Waals surface area contributed by atoms with Crippen molar-refractivity contribution in [2.45, 2.75) is 17.9 Å². The third kappa shape index (κ3) is 6.30. The van der Waals surface area contributed by atoms with E-state index in [2.05, 4.69) is 16.0 Å². The standard InChI is InChI=1S/C34H33ClN6O4S/c1-24-6-8-29(9-7-24)46(43,44)41-22-31(30-20-28(21-37-34(30)41)39-14-16-45-17-15-39)25-10-12-40(33(42)19-25)32(23-38(2)13-11-36)26-4-3-5-27(35)18-26/h3-10,12,18-22,32H,13-17,23H2,1-2H3. The van der Waals surface area contributed by atoms with E-state index < -0.39 is 16.1 Å². The summed E-state index contributed by atoms with van der Waals surface area (Å²) < 4.78 is 36.2. The summed E-state index contributed by atoms with van der Waals surface area (Å²) in [6, 6.07) is 21.0. The second-order valence-corrected chi connectivity index (χ2v) is 13.7. The topological polar surface area (TPSA) is 113 Å². The number of aryl methyl sites for hydroxylation is 1. The number of pyridine rings is 2. The van der Waals surface area contributed by atoms with E-state index in [1.165, 1.54) is 10.0 Å². The Balaban J connectivity index is 1.49. The molecule has 46 heavy (non-hydrogen) atoms. The van der Waals surface area contributed by atoms with Gasteiger partial charge < -0.3 is 14.2 Å². The lowest BCUT2D eigenvalue weighted by Crippen LogP contribution is -2.36. The van der Waals surface area contributed by atoms with E-state index in [0.29, 0.717) is 54.4 Å². The third-order valence-electron chi connectivity index (χ3n) is 8.21. The lowest BCUT2D eigenvalue weighted by molar-refractivity contribution is 0.122. The number of morpholine rings is 1. The van der Waals surface area contributed by atoms with E-state index in [1.54, 1.807) is 53.5 Å². The summed E-state index contributed by atoms with van der Waals surface area (Å²) >= 11 is 6.31. The fourth-order valence-electron chi connectivity index (χ4n) is 5.76. The fraction of sp³-hybridized carbons (Fsp3) is 0.265. The van der Waals surface area contributed by atoms with Crippen molar-refractivity contribution in [2.75, 3.05) is 51.3 Å². The molecule has 0 N–H and O–H groups in total. The largest absolute Gasteiger partial charge is 0.378 e. The van der Waals surface area contributed by atoms with Crippen molar-refractivity contribution in [2.24, 2.45) is 0 Å². The van der Waals surface area contributed by atoms with Crippen molar-refractivity contribution in [1.29, 1.82) is 5.26 Å². The summed E-state index contributed by atoms with van der Waals surface area (Å²) in [5, 5.41) is 10.4. The van der Waals surface area contributed by atoms with Crippen LogP contribution in [0.5, 0.6) is 0 Å². The monoisotopic (exact) mass is 656 g/mol. The van der Waals surface area contributed by atoms with Gasteiger partial charge in [0.2, 0.25) is 0 Å². The van der Waals surface area contributed by atoms with Crippen LogP contribution in [0.1, 0.15) is 17.2 Å². The van der Waals surface area contributed by atoms with Gasteiger partial charge >= 0.3 is 0 Å². The highest BCUT2D eigenvalue weighted by atomic mass is 35.5. The van der Waals surface area contributed by atoms with Crippen molar-refractivity contribution < 1.29 is 13.2 Å². The molecule has 1 unspecified atom stereocenters. The van der Waals surface area contributed by atoms with Crippen LogP contribution in [-0.4, -0.2) is 73.3 Å². The van der Waals surface area contributed by atoms with Gasteiger partial charge in [0.1, 0.15) is 0 Å². The van der Waals surface area contributed by atoms with Crippen LogP contribution < -0.4 is 10.5 Å². The Kier molecular flexibility index (Phi) is 8.97. The van der Waals surface area contributed by atoms with E-state index in [4.69, 9.17) is 16.3 Å². The zero-order valence-corrected chi connectivity index (χ0v) is 27.1. The summed E-state index contributed by atoms with van der Waals surface area (Å²) in [7, 11) is -2.18. The maximum absolute atomic E-state index is 13.9. The zero-order valence-electron chi connectivity index (χ0n) is 25.5. The summed E-state index contributed by atoms with van der Waals surface area (Å²) in [6.07, 6.45) is 4.94. The number of likely N-dealkylation sites (N-methyl/N-ethyl adjacent to an activating group) is 1. The summed E-state index contributed by atoms with van der Waals surface area (Å²) in [5.74, 6) is 0. The molecule has 0 bridgehead atoms. The molecule has 236 valence electrons. The van der Waals surface area contributed by atoms with Crippen LogP contribution >= 0.6 is 11.6 Å². The molecular weight excluding hydrogens is 624 g/mol. The Morgan fingerprint density at radius 2 is 1.85 bits per heavy atom. The van der Waals surface area contributed by atoms with Gasteiger partial charge in [0.15, 0.2) is 5.65 Å². The Hall–Kier alpha value is -4.47. The molecule has 10 nitrogen and oxygen atoms in total. The predicted octanol–water partition coefficient (Wildman–Crippen LogP) is 4.95. The maximum Gasteiger partial charge on any atom is 0.269 e. The minimum atomic E-state index is -4.01. The van der Waals surface area contributed by atoms with Crippen molar-refractivity contribution >= 4 is 38.3 Å². The lowest BCUT2D eigenvalue weighted by Gasteiger charge is -2.28. The van der Waals surface area contributed by atoms with Crippen LogP contribution in [0.15, 0.2) is 95.0 Å². The molecular formula is C34H33ClN6O4S. The predicted molar refractivity (Wildman–Crippen MR) is 179 cm³/mol. The number of rotatable bonds is 9.